The zero-order valence-corrected chi connectivity index (χ0v) is 11.2. The van der Waals surface area contributed by atoms with Gasteiger partial charge in [-0.2, -0.15) is 0 Å². The summed E-state index contributed by atoms with van der Waals surface area (Å²) in [6.07, 6.45) is 2.09. The maximum absolute atomic E-state index is 11.9. The van der Waals surface area contributed by atoms with Gasteiger partial charge in [-0.25, -0.2) is 0 Å². The van der Waals surface area contributed by atoms with E-state index in [4.69, 9.17) is 16.3 Å². The topological polar surface area (TPSA) is 38.3 Å². The van der Waals surface area contributed by atoms with Gasteiger partial charge in [0.25, 0.3) is 5.91 Å². The summed E-state index contributed by atoms with van der Waals surface area (Å²) in [5.41, 5.74) is 1.10. The SMILES string of the molecule is CC(Cl)CCCNC(=O)C1Cc2ccccc2O1. The molecule has 1 aromatic carbocycles. The molecule has 0 aromatic heterocycles. The summed E-state index contributed by atoms with van der Waals surface area (Å²) in [6, 6.07) is 7.78. The normalized spacial score (nSPS) is 18.9. The van der Waals surface area contributed by atoms with Crippen molar-refractivity contribution < 1.29 is 9.53 Å². The lowest BCUT2D eigenvalue weighted by Gasteiger charge is -2.11. The minimum Gasteiger partial charge on any atom is -0.480 e. The maximum Gasteiger partial charge on any atom is 0.261 e. The van der Waals surface area contributed by atoms with E-state index in [-0.39, 0.29) is 17.4 Å². The lowest BCUT2D eigenvalue weighted by Crippen LogP contribution is -2.37. The van der Waals surface area contributed by atoms with Crippen LogP contribution in [0.1, 0.15) is 25.3 Å². The van der Waals surface area contributed by atoms with Gasteiger partial charge < -0.3 is 10.1 Å². The number of para-hydroxylation sites is 1. The molecule has 2 rings (SSSR count). The van der Waals surface area contributed by atoms with Crippen LogP contribution in [-0.2, 0) is 11.2 Å². The highest BCUT2D eigenvalue weighted by Crippen LogP contribution is 2.28. The van der Waals surface area contributed by atoms with Crippen molar-refractivity contribution in [2.75, 3.05) is 6.54 Å². The first-order chi connectivity index (χ1) is 8.66. The number of carbonyl (C=O) groups is 1. The Balaban J connectivity index is 1.76. The van der Waals surface area contributed by atoms with Gasteiger partial charge in [0.1, 0.15) is 5.75 Å². The molecule has 18 heavy (non-hydrogen) atoms. The first kappa shape index (κ1) is 13.2. The van der Waals surface area contributed by atoms with E-state index in [0.29, 0.717) is 13.0 Å². The molecule has 1 amide bonds. The first-order valence-corrected chi connectivity index (χ1v) is 6.77. The Morgan fingerprint density at radius 2 is 2.33 bits per heavy atom. The zero-order valence-electron chi connectivity index (χ0n) is 10.5. The second-order valence-corrected chi connectivity index (χ2v) is 5.38. The quantitative estimate of drug-likeness (QED) is 0.658. The molecule has 0 saturated carbocycles. The van der Waals surface area contributed by atoms with E-state index in [1.807, 2.05) is 31.2 Å². The molecular formula is C14H18ClNO2. The van der Waals surface area contributed by atoms with Gasteiger partial charge in [-0.1, -0.05) is 18.2 Å². The molecule has 2 unspecified atom stereocenters. The van der Waals surface area contributed by atoms with Crippen LogP contribution in [0.3, 0.4) is 0 Å². The fourth-order valence-corrected chi connectivity index (χ4v) is 2.19. The van der Waals surface area contributed by atoms with Gasteiger partial charge >= 0.3 is 0 Å². The number of hydrogen-bond acceptors (Lipinski definition) is 2. The summed E-state index contributed by atoms with van der Waals surface area (Å²) in [5, 5.41) is 3.05. The molecule has 0 saturated heterocycles. The highest BCUT2D eigenvalue weighted by Gasteiger charge is 2.28. The van der Waals surface area contributed by atoms with E-state index in [1.165, 1.54) is 0 Å². The zero-order chi connectivity index (χ0) is 13.0. The molecule has 1 heterocycles. The third-order valence-electron chi connectivity index (χ3n) is 3.02. The molecule has 0 fully saturated rings. The number of halogens is 1. The van der Waals surface area contributed by atoms with E-state index >= 15 is 0 Å². The van der Waals surface area contributed by atoms with Crippen LogP contribution in [0.25, 0.3) is 0 Å². The number of benzene rings is 1. The summed E-state index contributed by atoms with van der Waals surface area (Å²) in [6.45, 7) is 2.62. The van der Waals surface area contributed by atoms with Gasteiger partial charge in [0.15, 0.2) is 6.10 Å². The monoisotopic (exact) mass is 267 g/mol. The van der Waals surface area contributed by atoms with Gasteiger partial charge in [0, 0.05) is 18.3 Å². The lowest BCUT2D eigenvalue weighted by atomic mass is 10.1. The van der Waals surface area contributed by atoms with Crippen LogP contribution in [0.4, 0.5) is 0 Å². The van der Waals surface area contributed by atoms with Crippen molar-refractivity contribution in [2.45, 2.75) is 37.7 Å². The molecule has 4 heteroatoms. The minimum absolute atomic E-state index is 0.0339. The van der Waals surface area contributed by atoms with E-state index < -0.39 is 0 Å². The van der Waals surface area contributed by atoms with Crippen molar-refractivity contribution >= 4 is 17.5 Å². The number of amides is 1. The molecule has 0 aliphatic carbocycles. The second-order valence-electron chi connectivity index (χ2n) is 4.63. The molecule has 2 atom stereocenters. The standard InChI is InChI=1S/C14H18ClNO2/c1-10(15)5-4-8-16-14(17)13-9-11-6-2-3-7-12(11)18-13/h2-3,6-7,10,13H,4-5,8-9H2,1H3,(H,16,17). The van der Waals surface area contributed by atoms with Crippen molar-refractivity contribution in [3.05, 3.63) is 29.8 Å². The number of carbonyl (C=O) groups excluding carboxylic acids is 1. The van der Waals surface area contributed by atoms with Crippen molar-refractivity contribution in [1.29, 1.82) is 0 Å². The smallest absolute Gasteiger partial charge is 0.261 e. The van der Waals surface area contributed by atoms with Crippen molar-refractivity contribution in [2.24, 2.45) is 0 Å². The van der Waals surface area contributed by atoms with Crippen LogP contribution < -0.4 is 10.1 Å². The van der Waals surface area contributed by atoms with Crippen LogP contribution in [-0.4, -0.2) is 23.9 Å². The predicted octanol–water partition coefficient (Wildman–Crippen LogP) is 2.51. The molecule has 1 aromatic rings. The Bertz CT molecular complexity index is 395. The van der Waals surface area contributed by atoms with E-state index in [1.54, 1.807) is 0 Å². The van der Waals surface area contributed by atoms with E-state index in [2.05, 4.69) is 5.32 Å². The fourth-order valence-electron chi connectivity index (χ4n) is 2.04. The predicted molar refractivity (Wildman–Crippen MR) is 72.1 cm³/mol. The molecular weight excluding hydrogens is 250 g/mol. The van der Waals surface area contributed by atoms with Crippen molar-refractivity contribution in [1.82, 2.24) is 5.32 Å². The van der Waals surface area contributed by atoms with Gasteiger partial charge in [-0.15, -0.1) is 11.6 Å². The average molecular weight is 268 g/mol. The van der Waals surface area contributed by atoms with Crippen LogP contribution in [0.2, 0.25) is 0 Å². The molecule has 1 aliphatic rings. The van der Waals surface area contributed by atoms with Gasteiger partial charge in [-0.3, -0.25) is 4.79 Å². The summed E-state index contributed by atoms with van der Waals surface area (Å²) in [5.74, 6) is 0.792. The highest BCUT2D eigenvalue weighted by molar-refractivity contribution is 6.20. The fraction of sp³-hybridized carbons (Fsp3) is 0.500. The van der Waals surface area contributed by atoms with Crippen molar-refractivity contribution in [3.8, 4) is 5.75 Å². The first-order valence-electron chi connectivity index (χ1n) is 6.33. The number of fused-ring (bicyclic) bond motifs is 1. The second kappa shape index (κ2) is 6.10. The van der Waals surface area contributed by atoms with Crippen molar-refractivity contribution in [3.63, 3.8) is 0 Å². The number of hydrogen-bond donors (Lipinski definition) is 1. The summed E-state index contributed by atoms with van der Waals surface area (Å²) >= 11 is 5.84. The Morgan fingerprint density at radius 1 is 1.56 bits per heavy atom. The summed E-state index contributed by atoms with van der Waals surface area (Å²) in [4.78, 5) is 11.9. The number of nitrogens with one attached hydrogen (secondary N) is 1. The Hall–Kier alpha value is -1.22. The summed E-state index contributed by atoms with van der Waals surface area (Å²) in [7, 11) is 0. The Labute approximate surface area is 112 Å². The van der Waals surface area contributed by atoms with Crippen LogP contribution in [0, 0.1) is 0 Å². The molecule has 0 radical (unpaired) electrons. The largest absolute Gasteiger partial charge is 0.480 e. The third kappa shape index (κ3) is 3.39. The molecule has 1 aliphatic heterocycles. The maximum atomic E-state index is 11.9. The molecule has 0 spiro atoms. The van der Waals surface area contributed by atoms with E-state index in [0.717, 1.165) is 24.2 Å². The molecule has 0 bridgehead atoms. The third-order valence-corrected chi connectivity index (χ3v) is 3.24. The van der Waals surface area contributed by atoms with Crippen LogP contribution in [0.15, 0.2) is 24.3 Å². The number of rotatable bonds is 5. The van der Waals surface area contributed by atoms with Gasteiger partial charge in [0.2, 0.25) is 0 Å². The van der Waals surface area contributed by atoms with Gasteiger partial charge in [-0.05, 0) is 31.4 Å². The van der Waals surface area contributed by atoms with Crippen LogP contribution in [0.5, 0.6) is 5.75 Å². The van der Waals surface area contributed by atoms with E-state index in [9.17, 15) is 4.79 Å². The lowest BCUT2D eigenvalue weighted by molar-refractivity contribution is -0.127. The number of ether oxygens (including phenoxy) is 1. The van der Waals surface area contributed by atoms with Crippen LogP contribution >= 0.6 is 11.6 Å². The highest BCUT2D eigenvalue weighted by atomic mass is 35.5. The molecule has 3 nitrogen and oxygen atoms in total. The Kier molecular flexibility index (Phi) is 4.48. The molecule has 98 valence electrons. The summed E-state index contributed by atoms with van der Waals surface area (Å²) < 4.78 is 5.61. The average Bonchev–Trinajstić information content (AvgIpc) is 2.78. The van der Waals surface area contributed by atoms with Gasteiger partial charge in [0.05, 0.1) is 0 Å². The number of alkyl halides is 1. The Morgan fingerprint density at radius 3 is 3.06 bits per heavy atom. The molecule has 1 N–H and O–H groups in total. The minimum atomic E-state index is -0.379.